The van der Waals surface area contributed by atoms with Gasteiger partial charge in [0.05, 0.1) is 6.10 Å². The molecular formula is C20H30N4O3. The number of carbonyl (C=O) groups is 2. The molecule has 4 amide bonds. The summed E-state index contributed by atoms with van der Waals surface area (Å²) in [4.78, 5) is 24.1. The van der Waals surface area contributed by atoms with Crippen molar-refractivity contribution in [1.29, 1.82) is 0 Å². The van der Waals surface area contributed by atoms with Crippen LogP contribution in [0.15, 0.2) is 24.3 Å². The van der Waals surface area contributed by atoms with Gasteiger partial charge in [-0.25, -0.2) is 9.59 Å². The first-order chi connectivity index (χ1) is 13.2. The molecule has 0 aromatic heterocycles. The average Bonchev–Trinajstić information content (AvgIpc) is 3.05. The second-order valence-electron chi connectivity index (χ2n) is 7.33. The maximum absolute atomic E-state index is 12.2. The van der Waals surface area contributed by atoms with Crippen molar-refractivity contribution < 1.29 is 14.3 Å². The van der Waals surface area contributed by atoms with E-state index in [9.17, 15) is 9.59 Å². The van der Waals surface area contributed by atoms with E-state index in [1.54, 1.807) is 24.3 Å². The van der Waals surface area contributed by atoms with Crippen molar-refractivity contribution in [2.24, 2.45) is 0 Å². The fourth-order valence-electron chi connectivity index (χ4n) is 3.60. The molecule has 1 aliphatic heterocycles. The van der Waals surface area contributed by atoms with Crippen molar-refractivity contribution in [2.75, 3.05) is 23.8 Å². The SMILES string of the molecule is O=C(NCC1CCCO1)Nc1ccc(NC(=O)NC2CCCCCC2)cc1. The first kappa shape index (κ1) is 19.5. The van der Waals surface area contributed by atoms with E-state index >= 15 is 0 Å². The van der Waals surface area contributed by atoms with Gasteiger partial charge < -0.3 is 26.0 Å². The largest absolute Gasteiger partial charge is 0.376 e. The van der Waals surface area contributed by atoms with Crippen LogP contribution >= 0.6 is 0 Å². The van der Waals surface area contributed by atoms with Gasteiger partial charge in [-0.15, -0.1) is 0 Å². The molecule has 1 saturated heterocycles. The Morgan fingerprint density at radius 2 is 1.48 bits per heavy atom. The van der Waals surface area contributed by atoms with Gasteiger partial charge in [-0.2, -0.15) is 0 Å². The Kier molecular flexibility index (Phi) is 7.33. The second-order valence-corrected chi connectivity index (χ2v) is 7.33. The highest BCUT2D eigenvalue weighted by molar-refractivity contribution is 5.91. The molecule has 1 aromatic carbocycles. The zero-order chi connectivity index (χ0) is 18.9. The Balaban J connectivity index is 1.39. The van der Waals surface area contributed by atoms with Gasteiger partial charge in [0.25, 0.3) is 0 Å². The van der Waals surface area contributed by atoms with Crippen LogP contribution in [0.1, 0.15) is 51.4 Å². The summed E-state index contributed by atoms with van der Waals surface area (Å²) >= 11 is 0. The fourth-order valence-corrected chi connectivity index (χ4v) is 3.60. The molecule has 7 nitrogen and oxygen atoms in total. The monoisotopic (exact) mass is 374 g/mol. The second kappa shape index (κ2) is 10.2. The Bertz CT molecular complexity index is 606. The van der Waals surface area contributed by atoms with E-state index in [4.69, 9.17) is 4.74 Å². The van der Waals surface area contributed by atoms with Crippen molar-refractivity contribution >= 4 is 23.4 Å². The molecule has 27 heavy (non-hydrogen) atoms. The van der Waals surface area contributed by atoms with Gasteiger partial charge in [-0.1, -0.05) is 25.7 Å². The number of rotatable bonds is 5. The van der Waals surface area contributed by atoms with Gasteiger partial charge in [-0.05, 0) is 49.9 Å². The Morgan fingerprint density at radius 1 is 0.852 bits per heavy atom. The maximum Gasteiger partial charge on any atom is 0.319 e. The Hall–Kier alpha value is -2.28. The summed E-state index contributed by atoms with van der Waals surface area (Å²) < 4.78 is 5.48. The summed E-state index contributed by atoms with van der Waals surface area (Å²) in [5, 5.41) is 11.5. The van der Waals surface area contributed by atoms with Gasteiger partial charge in [0.15, 0.2) is 0 Å². The minimum absolute atomic E-state index is 0.120. The molecule has 0 radical (unpaired) electrons. The Labute approximate surface area is 160 Å². The molecule has 7 heteroatoms. The molecule has 2 aliphatic rings. The van der Waals surface area contributed by atoms with Crippen LogP contribution < -0.4 is 21.3 Å². The zero-order valence-electron chi connectivity index (χ0n) is 15.8. The van der Waals surface area contributed by atoms with Crippen molar-refractivity contribution in [3.8, 4) is 0 Å². The number of ether oxygens (including phenoxy) is 1. The van der Waals surface area contributed by atoms with E-state index in [0.29, 0.717) is 17.9 Å². The van der Waals surface area contributed by atoms with Crippen molar-refractivity contribution in [3.05, 3.63) is 24.3 Å². The highest BCUT2D eigenvalue weighted by atomic mass is 16.5. The minimum atomic E-state index is -0.252. The minimum Gasteiger partial charge on any atom is -0.376 e. The predicted molar refractivity (Wildman–Crippen MR) is 106 cm³/mol. The number of hydrogen-bond donors (Lipinski definition) is 4. The Morgan fingerprint density at radius 3 is 2.07 bits per heavy atom. The van der Waals surface area contributed by atoms with Crippen LogP contribution in [0.3, 0.4) is 0 Å². The van der Waals surface area contributed by atoms with Gasteiger partial charge >= 0.3 is 12.1 Å². The molecule has 4 N–H and O–H groups in total. The van der Waals surface area contributed by atoms with E-state index in [-0.39, 0.29) is 24.2 Å². The molecule has 0 spiro atoms. The van der Waals surface area contributed by atoms with E-state index in [2.05, 4.69) is 21.3 Å². The summed E-state index contributed by atoms with van der Waals surface area (Å²) in [6.45, 7) is 1.30. The third kappa shape index (κ3) is 6.75. The molecule has 1 aromatic rings. The molecule has 3 rings (SSSR count). The highest BCUT2D eigenvalue weighted by Crippen LogP contribution is 2.18. The maximum atomic E-state index is 12.2. The van der Waals surface area contributed by atoms with Crippen LogP contribution in [-0.2, 0) is 4.74 Å². The predicted octanol–water partition coefficient (Wildman–Crippen LogP) is 3.83. The standard InChI is InChI=1S/C20H30N4O3/c25-19(21-14-18-8-5-13-27-18)22-16-9-11-17(12-10-16)24-20(26)23-15-6-3-1-2-4-7-15/h9-12,15,18H,1-8,13-14H2,(H2,21,22,25)(H2,23,24,26). The lowest BCUT2D eigenvalue weighted by molar-refractivity contribution is 0.112. The summed E-state index contributed by atoms with van der Waals surface area (Å²) in [5.41, 5.74) is 1.38. The number of amides is 4. The first-order valence-corrected chi connectivity index (χ1v) is 10.0. The van der Waals surface area contributed by atoms with Crippen molar-refractivity contribution in [1.82, 2.24) is 10.6 Å². The van der Waals surface area contributed by atoms with Crippen molar-refractivity contribution in [2.45, 2.75) is 63.5 Å². The molecular weight excluding hydrogens is 344 g/mol. The highest BCUT2D eigenvalue weighted by Gasteiger charge is 2.16. The lowest BCUT2D eigenvalue weighted by Gasteiger charge is -2.17. The van der Waals surface area contributed by atoms with Crippen LogP contribution in [0.4, 0.5) is 21.0 Å². The molecule has 1 heterocycles. The van der Waals surface area contributed by atoms with Gasteiger partial charge in [0, 0.05) is 30.6 Å². The number of carbonyl (C=O) groups excluding carboxylic acids is 2. The summed E-state index contributed by atoms with van der Waals surface area (Å²) in [7, 11) is 0. The van der Waals surface area contributed by atoms with E-state index in [1.165, 1.54) is 25.7 Å². The summed E-state index contributed by atoms with van der Waals surface area (Å²) in [5.74, 6) is 0. The van der Waals surface area contributed by atoms with Crippen LogP contribution in [-0.4, -0.2) is 37.4 Å². The van der Waals surface area contributed by atoms with E-state index < -0.39 is 0 Å². The first-order valence-electron chi connectivity index (χ1n) is 10.0. The number of urea groups is 2. The van der Waals surface area contributed by atoms with Crippen LogP contribution in [0.25, 0.3) is 0 Å². The molecule has 148 valence electrons. The topological polar surface area (TPSA) is 91.5 Å². The summed E-state index contributed by atoms with van der Waals surface area (Å²) in [6, 6.07) is 6.94. The lowest BCUT2D eigenvalue weighted by Crippen LogP contribution is -2.37. The average molecular weight is 374 g/mol. The van der Waals surface area contributed by atoms with E-state index in [0.717, 1.165) is 32.3 Å². The normalized spacial score (nSPS) is 20.5. The van der Waals surface area contributed by atoms with Gasteiger partial charge in [0.2, 0.25) is 0 Å². The molecule has 1 atom stereocenters. The quantitative estimate of drug-likeness (QED) is 0.590. The van der Waals surface area contributed by atoms with Crippen LogP contribution in [0.2, 0.25) is 0 Å². The molecule has 1 saturated carbocycles. The fraction of sp³-hybridized carbons (Fsp3) is 0.600. The number of anilines is 2. The molecule has 1 aliphatic carbocycles. The third-order valence-electron chi connectivity index (χ3n) is 5.11. The van der Waals surface area contributed by atoms with Gasteiger partial charge in [-0.3, -0.25) is 0 Å². The number of nitrogens with one attached hydrogen (secondary N) is 4. The van der Waals surface area contributed by atoms with Crippen LogP contribution in [0, 0.1) is 0 Å². The smallest absolute Gasteiger partial charge is 0.319 e. The third-order valence-corrected chi connectivity index (χ3v) is 5.11. The molecule has 0 bridgehead atoms. The lowest BCUT2D eigenvalue weighted by atomic mass is 10.1. The van der Waals surface area contributed by atoms with Crippen LogP contribution in [0.5, 0.6) is 0 Å². The number of benzene rings is 1. The van der Waals surface area contributed by atoms with Crippen molar-refractivity contribution in [3.63, 3.8) is 0 Å². The van der Waals surface area contributed by atoms with Gasteiger partial charge in [0.1, 0.15) is 0 Å². The summed E-state index contributed by atoms with van der Waals surface area (Å²) in [6.07, 6.45) is 9.15. The zero-order valence-corrected chi connectivity index (χ0v) is 15.8. The van der Waals surface area contributed by atoms with E-state index in [1.807, 2.05) is 0 Å². The molecule has 2 fully saturated rings. The molecule has 1 unspecified atom stereocenters. The number of hydrogen-bond acceptors (Lipinski definition) is 3.